The van der Waals surface area contributed by atoms with Gasteiger partial charge in [0.05, 0.1) is 5.75 Å². The first-order valence-corrected chi connectivity index (χ1v) is 8.83. The van der Waals surface area contributed by atoms with Gasteiger partial charge in [0.2, 0.25) is 15.9 Å². The molecule has 0 bridgehead atoms. The highest BCUT2D eigenvalue weighted by molar-refractivity contribution is 7.88. The summed E-state index contributed by atoms with van der Waals surface area (Å²) in [5.41, 5.74) is 1.68. The number of carbonyl (C=O) groups is 1. The van der Waals surface area contributed by atoms with Crippen molar-refractivity contribution in [3.05, 3.63) is 35.4 Å². The summed E-state index contributed by atoms with van der Waals surface area (Å²) in [4.78, 5) is 11.9. The van der Waals surface area contributed by atoms with Crippen LogP contribution < -0.4 is 10.0 Å². The van der Waals surface area contributed by atoms with Gasteiger partial charge in [-0.2, -0.15) is 0 Å². The Morgan fingerprint density at radius 2 is 1.62 bits per heavy atom. The van der Waals surface area contributed by atoms with Crippen molar-refractivity contribution in [2.75, 3.05) is 7.05 Å². The van der Waals surface area contributed by atoms with E-state index in [4.69, 9.17) is 0 Å². The molecule has 0 spiro atoms. The van der Waals surface area contributed by atoms with E-state index < -0.39 is 10.0 Å². The van der Waals surface area contributed by atoms with Gasteiger partial charge in [-0.1, -0.05) is 38.1 Å². The van der Waals surface area contributed by atoms with Gasteiger partial charge in [0, 0.05) is 12.5 Å². The van der Waals surface area contributed by atoms with Crippen LogP contribution in [0.5, 0.6) is 0 Å². The topological polar surface area (TPSA) is 75.3 Å². The molecule has 6 heteroatoms. The first-order chi connectivity index (χ1) is 9.91. The van der Waals surface area contributed by atoms with Gasteiger partial charge in [-0.3, -0.25) is 4.79 Å². The van der Waals surface area contributed by atoms with Crippen molar-refractivity contribution in [2.45, 2.75) is 39.0 Å². The molecule has 0 aliphatic heterocycles. The number of sulfonamides is 1. The van der Waals surface area contributed by atoms with Crippen LogP contribution in [0.15, 0.2) is 24.3 Å². The highest BCUT2D eigenvalue weighted by Gasteiger charge is 2.13. The maximum Gasteiger partial charge on any atom is 0.223 e. The SMILES string of the molecule is CCC(CC)C(=O)NCc1ccc(CS(=O)(=O)NC)cc1. The monoisotopic (exact) mass is 312 g/mol. The number of benzene rings is 1. The summed E-state index contributed by atoms with van der Waals surface area (Å²) < 4.78 is 25.2. The Hall–Kier alpha value is -1.40. The van der Waals surface area contributed by atoms with E-state index in [-0.39, 0.29) is 17.6 Å². The molecule has 0 aliphatic rings. The fraction of sp³-hybridized carbons (Fsp3) is 0.533. The largest absolute Gasteiger partial charge is 0.352 e. The second kappa shape index (κ2) is 8.14. The first kappa shape index (κ1) is 17.7. The minimum atomic E-state index is -3.25. The van der Waals surface area contributed by atoms with Crippen LogP contribution in [0.25, 0.3) is 0 Å². The van der Waals surface area contributed by atoms with E-state index in [0.29, 0.717) is 6.54 Å². The van der Waals surface area contributed by atoms with E-state index >= 15 is 0 Å². The van der Waals surface area contributed by atoms with Crippen LogP contribution in [0.1, 0.15) is 37.8 Å². The second-order valence-electron chi connectivity index (χ2n) is 5.01. The minimum absolute atomic E-state index is 0.0378. The van der Waals surface area contributed by atoms with Gasteiger partial charge in [0.15, 0.2) is 0 Å². The fourth-order valence-corrected chi connectivity index (χ4v) is 2.81. The lowest BCUT2D eigenvalue weighted by molar-refractivity contribution is -0.125. The summed E-state index contributed by atoms with van der Waals surface area (Å²) in [7, 11) is -1.85. The smallest absolute Gasteiger partial charge is 0.223 e. The van der Waals surface area contributed by atoms with Crippen LogP contribution in [0, 0.1) is 5.92 Å². The van der Waals surface area contributed by atoms with Crippen molar-refractivity contribution in [1.82, 2.24) is 10.0 Å². The molecule has 0 aliphatic carbocycles. The molecule has 1 aromatic rings. The van der Waals surface area contributed by atoms with Crippen molar-refractivity contribution < 1.29 is 13.2 Å². The molecular weight excluding hydrogens is 288 g/mol. The van der Waals surface area contributed by atoms with E-state index in [2.05, 4.69) is 10.0 Å². The lowest BCUT2D eigenvalue weighted by Crippen LogP contribution is -2.29. The van der Waals surface area contributed by atoms with Crippen LogP contribution in [0.4, 0.5) is 0 Å². The summed E-state index contributed by atoms with van der Waals surface area (Å²) >= 11 is 0. The molecule has 1 aromatic carbocycles. The van der Waals surface area contributed by atoms with Crippen LogP contribution in [-0.2, 0) is 27.1 Å². The zero-order chi connectivity index (χ0) is 15.9. The molecular formula is C15H24N2O3S. The Labute approximate surface area is 127 Å². The van der Waals surface area contributed by atoms with Gasteiger partial charge in [-0.15, -0.1) is 0 Å². The molecule has 118 valence electrons. The van der Waals surface area contributed by atoms with Crippen molar-refractivity contribution in [2.24, 2.45) is 5.92 Å². The van der Waals surface area contributed by atoms with Gasteiger partial charge in [-0.05, 0) is 31.0 Å². The van der Waals surface area contributed by atoms with Crippen LogP contribution in [0.2, 0.25) is 0 Å². The predicted octanol–water partition coefficient (Wildman–Crippen LogP) is 1.79. The van der Waals surface area contributed by atoms with Gasteiger partial charge < -0.3 is 5.32 Å². The summed E-state index contributed by atoms with van der Waals surface area (Å²) in [6, 6.07) is 7.22. The number of hydrogen-bond acceptors (Lipinski definition) is 3. The Morgan fingerprint density at radius 1 is 1.10 bits per heavy atom. The minimum Gasteiger partial charge on any atom is -0.352 e. The van der Waals surface area contributed by atoms with Gasteiger partial charge >= 0.3 is 0 Å². The average Bonchev–Trinajstić information content (AvgIpc) is 2.47. The van der Waals surface area contributed by atoms with Gasteiger partial charge in [0.25, 0.3) is 0 Å². The van der Waals surface area contributed by atoms with E-state index in [9.17, 15) is 13.2 Å². The quantitative estimate of drug-likeness (QED) is 0.768. The van der Waals surface area contributed by atoms with E-state index in [0.717, 1.165) is 24.0 Å². The normalized spacial score (nSPS) is 11.6. The molecule has 2 N–H and O–H groups in total. The number of nitrogens with one attached hydrogen (secondary N) is 2. The maximum atomic E-state index is 11.9. The van der Waals surface area contributed by atoms with Crippen molar-refractivity contribution in [1.29, 1.82) is 0 Å². The summed E-state index contributed by atoms with van der Waals surface area (Å²) in [5.74, 6) is 0.0936. The molecule has 21 heavy (non-hydrogen) atoms. The second-order valence-corrected chi connectivity index (χ2v) is 6.94. The highest BCUT2D eigenvalue weighted by atomic mass is 32.2. The summed E-state index contributed by atoms with van der Waals surface area (Å²) in [6.45, 7) is 4.48. The number of carbonyl (C=O) groups excluding carboxylic acids is 1. The molecule has 1 amide bonds. The third kappa shape index (κ3) is 5.85. The fourth-order valence-electron chi connectivity index (χ4n) is 2.04. The highest BCUT2D eigenvalue weighted by Crippen LogP contribution is 2.10. The van der Waals surface area contributed by atoms with Crippen LogP contribution in [0.3, 0.4) is 0 Å². The van der Waals surface area contributed by atoms with Crippen molar-refractivity contribution >= 4 is 15.9 Å². The van der Waals surface area contributed by atoms with E-state index in [1.165, 1.54) is 7.05 Å². The lowest BCUT2D eigenvalue weighted by Gasteiger charge is -2.13. The Balaban J connectivity index is 2.57. The third-order valence-electron chi connectivity index (χ3n) is 3.51. The third-order valence-corrected chi connectivity index (χ3v) is 4.85. The van der Waals surface area contributed by atoms with Crippen molar-refractivity contribution in [3.8, 4) is 0 Å². The molecule has 0 fully saturated rings. The molecule has 0 atom stereocenters. The molecule has 1 rings (SSSR count). The first-order valence-electron chi connectivity index (χ1n) is 7.18. The average molecular weight is 312 g/mol. The summed E-state index contributed by atoms with van der Waals surface area (Å²) in [6.07, 6.45) is 1.67. The number of hydrogen-bond donors (Lipinski definition) is 2. The van der Waals surface area contributed by atoms with E-state index in [1.807, 2.05) is 26.0 Å². The maximum absolute atomic E-state index is 11.9. The van der Waals surface area contributed by atoms with E-state index in [1.54, 1.807) is 12.1 Å². The predicted molar refractivity (Wildman–Crippen MR) is 84.0 cm³/mol. The van der Waals surface area contributed by atoms with Crippen LogP contribution in [-0.4, -0.2) is 21.4 Å². The molecule has 0 heterocycles. The standard InChI is InChI=1S/C15H24N2O3S/c1-4-14(5-2)15(18)17-10-12-6-8-13(9-7-12)11-21(19,20)16-3/h6-9,14,16H,4-5,10-11H2,1-3H3,(H,17,18). The molecule has 0 saturated heterocycles. The Morgan fingerprint density at radius 3 is 2.10 bits per heavy atom. The Kier molecular flexibility index (Phi) is 6.84. The Bertz CT molecular complexity index is 549. The zero-order valence-corrected chi connectivity index (χ0v) is 13.7. The molecule has 0 radical (unpaired) electrons. The molecule has 0 saturated carbocycles. The number of rotatable bonds is 8. The molecule has 0 unspecified atom stereocenters. The molecule has 0 aromatic heterocycles. The van der Waals surface area contributed by atoms with Gasteiger partial charge in [-0.25, -0.2) is 13.1 Å². The van der Waals surface area contributed by atoms with Crippen LogP contribution >= 0.6 is 0 Å². The summed E-state index contributed by atoms with van der Waals surface area (Å²) in [5, 5.41) is 2.91. The lowest BCUT2D eigenvalue weighted by atomic mass is 10.0. The van der Waals surface area contributed by atoms with Crippen molar-refractivity contribution in [3.63, 3.8) is 0 Å². The number of amides is 1. The molecule has 5 nitrogen and oxygen atoms in total. The van der Waals surface area contributed by atoms with Gasteiger partial charge in [0.1, 0.15) is 0 Å². The zero-order valence-electron chi connectivity index (χ0n) is 12.8.